The van der Waals surface area contributed by atoms with Crippen molar-refractivity contribution >= 4 is 27.5 Å². The van der Waals surface area contributed by atoms with E-state index in [-0.39, 0.29) is 11.7 Å². The van der Waals surface area contributed by atoms with Gasteiger partial charge in [0.25, 0.3) is 5.24 Å². The van der Waals surface area contributed by atoms with Crippen molar-refractivity contribution in [1.82, 2.24) is 0 Å². The minimum atomic E-state index is -2.51. The van der Waals surface area contributed by atoms with Crippen molar-refractivity contribution in [2.45, 2.75) is 32.4 Å². The van der Waals surface area contributed by atoms with Crippen molar-refractivity contribution in [2.24, 2.45) is 0 Å². The maximum Gasteiger partial charge on any atom is 0.252 e. The first-order valence-corrected chi connectivity index (χ1v) is 7.02. The number of carbonyl (C=O) groups excluding carboxylic acids is 1. The van der Waals surface area contributed by atoms with Gasteiger partial charge < -0.3 is 0 Å². The molecule has 0 aromatic heterocycles. The molecule has 0 fully saturated rings. The van der Waals surface area contributed by atoms with Crippen LogP contribution in [-0.4, -0.2) is 13.7 Å². The third-order valence-corrected chi connectivity index (χ3v) is 3.42. The molecule has 0 atom stereocenters. The van der Waals surface area contributed by atoms with Crippen molar-refractivity contribution < 1.29 is 13.2 Å². The Bertz CT molecular complexity index is 511. The Hall–Kier alpha value is -0.870. The van der Waals surface area contributed by atoms with Crippen LogP contribution in [0.1, 0.15) is 46.8 Å². The standard InChI is InChI=1S/C12H15ClO3S/c1-7(2)10-4-8(3)11(12(13)14)5-9(10)6-17(15)16/h4-5,7,17H,6H2,1-3H3. The molecular weight excluding hydrogens is 260 g/mol. The van der Waals surface area contributed by atoms with Gasteiger partial charge in [0.1, 0.15) is 10.7 Å². The van der Waals surface area contributed by atoms with Crippen molar-refractivity contribution in [3.8, 4) is 0 Å². The van der Waals surface area contributed by atoms with Crippen LogP contribution in [-0.2, 0) is 16.5 Å². The van der Waals surface area contributed by atoms with E-state index >= 15 is 0 Å². The summed E-state index contributed by atoms with van der Waals surface area (Å²) in [4.78, 5) is 11.2. The summed E-state index contributed by atoms with van der Waals surface area (Å²) >= 11 is 5.46. The van der Waals surface area contributed by atoms with Gasteiger partial charge >= 0.3 is 0 Å². The van der Waals surface area contributed by atoms with E-state index in [1.807, 2.05) is 19.9 Å². The molecular formula is C12H15ClO3S. The minimum absolute atomic E-state index is 0.0553. The lowest BCUT2D eigenvalue weighted by atomic mass is 9.93. The molecule has 0 aliphatic carbocycles. The number of carbonyl (C=O) groups is 1. The van der Waals surface area contributed by atoms with Crippen molar-refractivity contribution in [2.75, 3.05) is 0 Å². The summed E-state index contributed by atoms with van der Waals surface area (Å²) in [7, 11) is -2.51. The summed E-state index contributed by atoms with van der Waals surface area (Å²) in [6.45, 7) is 5.76. The molecule has 0 aliphatic heterocycles. The molecule has 0 spiro atoms. The molecule has 3 nitrogen and oxygen atoms in total. The van der Waals surface area contributed by atoms with Crippen molar-refractivity contribution in [1.29, 1.82) is 0 Å². The number of hydrogen-bond donors (Lipinski definition) is 1. The van der Waals surface area contributed by atoms with Crippen LogP contribution in [0.3, 0.4) is 0 Å². The Balaban J connectivity index is 3.41. The van der Waals surface area contributed by atoms with Gasteiger partial charge in [-0.3, -0.25) is 4.79 Å². The lowest BCUT2D eigenvalue weighted by Crippen LogP contribution is -2.03. The first-order chi connectivity index (χ1) is 7.82. The van der Waals surface area contributed by atoms with E-state index < -0.39 is 15.9 Å². The first kappa shape index (κ1) is 14.2. The van der Waals surface area contributed by atoms with E-state index in [0.29, 0.717) is 11.1 Å². The second-order valence-electron chi connectivity index (χ2n) is 4.29. The largest absolute Gasteiger partial charge is 0.276 e. The highest BCUT2D eigenvalue weighted by Crippen LogP contribution is 2.25. The highest BCUT2D eigenvalue weighted by Gasteiger charge is 2.14. The summed E-state index contributed by atoms with van der Waals surface area (Å²) in [6, 6.07) is 3.43. The van der Waals surface area contributed by atoms with Gasteiger partial charge in [0.2, 0.25) is 0 Å². The predicted octanol–water partition coefficient (Wildman–Crippen LogP) is 2.61. The summed E-state index contributed by atoms with van der Waals surface area (Å²) in [5, 5.41) is -0.555. The molecule has 1 aromatic carbocycles. The Morgan fingerprint density at radius 2 is 1.94 bits per heavy atom. The summed E-state index contributed by atoms with van der Waals surface area (Å²) in [6.07, 6.45) is 0. The molecule has 0 saturated carbocycles. The van der Waals surface area contributed by atoms with Gasteiger partial charge in [0.15, 0.2) is 0 Å². The fraction of sp³-hybridized carbons (Fsp3) is 0.417. The number of thiol groups is 1. The van der Waals surface area contributed by atoms with Gasteiger partial charge in [-0.15, -0.1) is 0 Å². The maximum absolute atomic E-state index is 11.2. The number of aryl methyl sites for hydroxylation is 1. The zero-order valence-corrected chi connectivity index (χ0v) is 11.6. The summed E-state index contributed by atoms with van der Waals surface area (Å²) in [5.74, 6) is 0.151. The maximum atomic E-state index is 11.2. The van der Waals surface area contributed by atoms with E-state index in [9.17, 15) is 13.2 Å². The van der Waals surface area contributed by atoms with Crippen LogP contribution in [0.2, 0.25) is 0 Å². The van der Waals surface area contributed by atoms with Crippen LogP contribution < -0.4 is 0 Å². The van der Waals surface area contributed by atoms with E-state index in [1.165, 1.54) is 0 Å². The van der Waals surface area contributed by atoms with E-state index in [0.717, 1.165) is 11.1 Å². The Labute approximate surface area is 108 Å². The van der Waals surface area contributed by atoms with Crippen LogP contribution in [0, 0.1) is 6.92 Å². The average Bonchev–Trinajstić information content (AvgIpc) is 2.18. The third kappa shape index (κ3) is 3.54. The average molecular weight is 275 g/mol. The fourth-order valence-electron chi connectivity index (χ4n) is 1.80. The van der Waals surface area contributed by atoms with Crippen LogP contribution in [0.4, 0.5) is 0 Å². The second kappa shape index (κ2) is 5.65. The number of hydrogen-bond acceptors (Lipinski definition) is 3. The number of halogens is 1. The molecule has 1 aromatic rings. The highest BCUT2D eigenvalue weighted by molar-refractivity contribution is 7.71. The molecule has 0 N–H and O–H groups in total. The molecule has 0 aliphatic rings. The number of benzene rings is 1. The first-order valence-electron chi connectivity index (χ1n) is 5.28. The van der Waals surface area contributed by atoms with E-state index in [1.54, 1.807) is 13.0 Å². The molecule has 94 valence electrons. The van der Waals surface area contributed by atoms with E-state index in [4.69, 9.17) is 11.6 Å². The van der Waals surface area contributed by atoms with Gasteiger partial charge in [0, 0.05) is 5.56 Å². The third-order valence-electron chi connectivity index (χ3n) is 2.62. The van der Waals surface area contributed by atoms with Crippen LogP contribution in [0.5, 0.6) is 0 Å². The van der Waals surface area contributed by atoms with Gasteiger partial charge in [0.05, 0.1) is 5.75 Å². The van der Waals surface area contributed by atoms with Gasteiger partial charge in [-0.1, -0.05) is 19.9 Å². The number of rotatable bonds is 4. The molecule has 0 amide bonds. The van der Waals surface area contributed by atoms with Crippen LogP contribution in [0.25, 0.3) is 0 Å². The van der Waals surface area contributed by atoms with Gasteiger partial charge in [-0.2, -0.15) is 0 Å². The second-order valence-corrected chi connectivity index (χ2v) is 5.61. The molecule has 1 rings (SSSR count). The SMILES string of the molecule is Cc1cc(C(C)C)c(C[SH](=O)=O)cc1C(=O)Cl. The fourth-order valence-corrected chi connectivity index (χ4v) is 2.56. The Kier molecular flexibility index (Phi) is 4.71. The summed E-state index contributed by atoms with van der Waals surface area (Å²) < 4.78 is 21.7. The molecule has 0 heterocycles. The van der Waals surface area contributed by atoms with Crippen LogP contribution >= 0.6 is 11.6 Å². The topological polar surface area (TPSA) is 51.2 Å². The lowest BCUT2D eigenvalue weighted by molar-refractivity contribution is 0.108. The quantitative estimate of drug-likeness (QED) is 0.678. The zero-order chi connectivity index (χ0) is 13.2. The Morgan fingerprint density at radius 1 is 1.35 bits per heavy atom. The van der Waals surface area contributed by atoms with Gasteiger partial charge in [-0.05, 0) is 47.2 Å². The normalized spacial score (nSPS) is 11.2. The molecule has 5 heteroatoms. The lowest BCUT2D eigenvalue weighted by Gasteiger charge is -2.14. The smallest absolute Gasteiger partial charge is 0.252 e. The van der Waals surface area contributed by atoms with Gasteiger partial charge in [-0.25, -0.2) is 8.42 Å². The van der Waals surface area contributed by atoms with Crippen LogP contribution in [0.15, 0.2) is 12.1 Å². The molecule has 0 saturated heterocycles. The zero-order valence-electron chi connectivity index (χ0n) is 9.99. The molecule has 0 bridgehead atoms. The van der Waals surface area contributed by atoms with Crippen molar-refractivity contribution in [3.63, 3.8) is 0 Å². The Morgan fingerprint density at radius 3 is 2.35 bits per heavy atom. The van der Waals surface area contributed by atoms with E-state index in [2.05, 4.69) is 0 Å². The highest BCUT2D eigenvalue weighted by atomic mass is 35.5. The van der Waals surface area contributed by atoms with Crippen molar-refractivity contribution in [3.05, 3.63) is 34.4 Å². The summed E-state index contributed by atoms with van der Waals surface area (Å²) in [5.41, 5.74) is 2.76. The molecule has 17 heavy (non-hydrogen) atoms. The minimum Gasteiger partial charge on any atom is -0.276 e. The predicted molar refractivity (Wildman–Crippen MR) is 69.5 cm³/mol. The molecule has 0 unspecified atom stereocenters. The molecule has 0 radical (unpaired) electrons. The monoisotopic (exact) mass is 274 g/mol.